The monoisotopic (exact) mass is 221 g/mol. The Balaban J connectivity index is 2.32. The summed E-state index contributed by atoms with van der Waals surface area (Å²) in [5.41, 5.74) is 3.98. The van der Waals surface area contributed by atoms with E-state index in [1.54, 1.807) is 22.7 Å². The summed E-state index contributed by atoms with van der Waals surface area (Å²) in [7, 11) is 0. The first-order chi connectivity index (χ1) is 6.86. The molecule has 3 aromatic rings. The molecule has 0 unspecified atom stereocenters. The first-order valence-corrected chi connectivity index (χ1v) is 5.95. The van der Waals surface area contributed by atoms with Crippen LogP contribution >= 0.6 is 22.7 Å². The van der Waals surface area contributed by atoms with E-state index in [9.17, 15) is 0 Å². The maximum atomic E-state index is 4.54. The molecule has 0 bridgehead atoms. The van der Waals surface area contributed by atoms with E-state index in [0.717, 1.165) is 16.3 Å². The highest BCUT2D eigenvalue weighted by atomic mass is 32.1. The van der Waals surface area contributed by atoms with Gasteiger partial charge in [-0.25, -0.2) is 9.50 Å². The maximum Gasteiger partial charge on any atom is 0.212 e. The molecule has 3 aromatic heterocycles. The lowest BCUT2D eigenvalue weighted by Crippen LogP contribution is -1.85. The van der Waals surface area contributed by atoms with Crippen molar-refractivity contribution in [3.8, 4) is 10.6 Å². The first-order valence-electron chi connectivity index (χ1n) is 4.19. The highest BCUT2D eigenvalue weighted by molar-refractivity contribution is 7.15. The number of aromatic nitrogens is 3. The van der Waals surface area contributed by atoms with Gasteiger partial charge in [0.05, 0.1) is 10.6 Å². The number of nitrogens with zero attached hydrogens (tertiary/aromatic N) is 3. The molecule has 3 nitrogen and oxygen atoms in total. The molecule has 0 aliphatic heterocycles. The Bertz CT molecular complexity index is 562. The summed E-state index contributed by atoms with van der Waals surface area (Å²) in [6.45, 7) is 2.05. The average molecular weight is 221 g/mol. The molecule has 0 amide bonds. The van der Waals surface area contributed by atoms with Crippen molar-refractivity contribution in [2.75, 3.05) is 0 Å². The Labute approximate surface area is 88.7 Å². The van der Waals surface area contributed by atoms with E-state index in [-0.39, 0.29) is 0 Å². The normalized spacial score (nSPS) is 11.2. The molecule has 0 spiro atoms. The lowest BCUT2D eigenvalue weighted by atomic mass is 10.3. The molecule has 5 heteroatoms. The van der Waals surface area contributed by atoms with E-state index in [4.69, 9.17) is 0 Å². The number of hydrogen-bond donors (Lipinski definition) is 0. The predicted molar refractivity (Wildman–Crippen MR) is 58.9 cm³/mol. The van der Waals surface area contributed by atoms with Crippen molar-refractivity contribution in [3.05, 3.63) is 28.7 Å². The molecular weight excluding hydrogens is 214 g/mol. The number of hydrogen-bond acceptors (Lipinski definition) is 4. The fourth-order valence-corrected chi connectivity index (χ4v) is 2.87. The van der Waals surface area contributed by atoms with E-state index in [2.05, 4.69) is 28.5 Å². The molecule has 14 heavy (non-hydrogen) atoms. The van der Waals surface area contributed by atoms with Gasteiger partial charge in [0, 0.05) is 0 Å². The SMILES string of the molecule is Cc1c(-c2cccs2)nc2scnn12. The highest BCUT2D eigenvalue weighted by Gasteiger charge is 2.12. The van der Waals surface area contributed by atoms with Gasteiger partial charge in [0.2, 0.25) is 4.96 Å². The third kappa shape index (κ3) is 1.03. The zero-order valence-electron chi connectivity index (χ0n) is 7.47. The first kappa shape index (κ1) is 8.14. The minimum absolute atomic E-state index is 0.964. The topological polar surface area (TPSA) is 30.2 Å². The second-order valence-electron chi connectivity index (χ2n) is 2.96. The van der Waals surface area contributed by atoms with Crippen molar-refractivity contribution in [1.82, 2.24) is 14.6 Å². The summed E-state index contributed by atoms with van der Waals surface area (Å²) in [5.74, 6) is 0. The van der Waals surface area contributed by atoms with Crippen LogP contribution in [0.15, 0.2) is 23.0 Å². The van der Waals surface area contributed by atoms with Gasteiger partial charge in [0.1, 0.15) is 11.2 Å². The zero-order chi connectivity index (χ0) is 9.54. The van der Waals surface area contributed by atoms with E-state index >= 15 is 0 Å². The van der Waals surface area contributed by atoms with Crippen LogP contribution in [0.4, 0.5) is 0 Å². The van der Waals surface area contributed by atoms with Crippen molar-refractivity contribution >= 4 is 27.6 Å². The standard InChI is InChI=1S/C9H7N3S2/c1-6-8(7-3-2-4-13-7)11-9-12(6)10-5-14-9/h2-5H,1H3. The number of thiophene rings is 1. The Kier molecular flexibility index (Phi) is 1.68. The molecule has 70 valence electrons. The van der Waals surface area contributed by atoms with Crippen molar-refractivity contribution in [2.45, 2.75) is 6.92 Å². The Morgan fingerprint density at radius 2 is 2.29 bits per heavy atom. The lowest BCUT2D eigenvalue weighted by molar-refractivity contribution is 0.932. The van der Waals surface area contributed by atoms with Gasteiger partial charge in [0.15, 0.2) is 0 Å². The third-order valence-corrected chi connectivity index (χ3v) is 3.68. The number of rotatable bonds is 1. The second-order valence-corrected chi connectivity index (χ2v) is 4.72. The Morgan fingerprint density at radius 1 is 1.36 bits per heavy atom. The van der Waals surface area contributed by atoms with Crippen LogP contribution in [0.2, 0.25) is 0 Å². The van der Waals surface area contributed by atoms with Crippen LogP contribution in [0.3, 0.4) is 0 Å². The van der Waals surface area contributed by atoms with E-state index in [1.807, 2.05) is 16.1 Å². The van der Waals surface area contributed by atoms with Crippen molar-refractivity contribution in [2.24, 2.45) is 0 Å². The molecule has 0 saturated carbocycles. The van der Waals surface area contributed by atoms with E-state index in [1.165, 1.54) is 4.88 Å². The number of fused-ring (bicyclic) bond motifs is 1. The van der Waals surface area contributed by atoms with Crippen LogP contribution in [-0.2, 0) is 0 Å². The molecular formula is C9H7N3S2. The number of aryl methyl sites for hydroxylation is 1. The highest BCUT2D eigenvalue weighted by Crippen LogP contribution is 2.28. The van der Waals surface area contributed by atoms with Crippen LogP contribution in [0.25, 0.3) is 15.5 Å². The summed E-state index contributed by atoms with van der Waals surface area (Å²) < 4.78 is 1.89. The maximum absolute atomic E-state index is 4.54. The van der Waals surface area contributed by atoms with Crippen LogP contribution in [-0.4, -0.2) is 14.6 Å². The van der Waals surface area contributed by atoms with Crippen molar-refractivity contribution < 1.29 is 0 Å². The van der Waals surface area contributed by atoms with Crippen LogP contribution in [0.1, 0.15) is 5.69 Å². The molecule has 0 N–H and O–H groups in total. The molecule has 0 atom stereocenters. The Morgan fingerprint density at radius 3 is 3.00 bits per heavy atom. The van der Waals surface area contributed by atoms with Gasteiger partial charge in [-0.2, -0.15) is 5.10 Å². The predicted octanol–water partition coefficient (Wildman–Crippen LogP) is 2.83. The van der Waals surface area contributed by atoms with Crippen molar-refractivity contribution in [1.29, 1.82) is 0 Å². The molecule has 0 saturated heterocycles. The smallest absolute Gasteiger partial charge is 0.212 e. The van der Waals surface area contributed by atoms with Gasteiger partial charge in [-0.15, -0.1) is 11.3 Å². The molecule has 3 heterocycles. The fourth-order valence-electron chi connectivity index (χ4n) is 1.44. The van der Waals surface area contributed by atoms with Gasteiger partial charge in [-0.05, 0) is 18.4 Å². The molecule has 0 aliphatic rings. The molecule has 0 aromatic carbocycles. The van der Waals surface area contributed by atoms with Crippen LogP contribution < -0.4 is 0 Å². The molecule has 3 rings (SSSR count). The largest absolute Gasteiger partial charge is 0.216 e. The van der Waals surface area contributed by atoms with Gasteiger partial charge in [0.25, 0.3) is 0 Å². The van der Waals surface area contributed by atoms with Crippen molar-refractivity contribution in [3.63, 3.8) is 0 Å². The van der Waals surface area contributed by atoms with Gasteiger partial charge >= 0.3 is 0 Å². The fraction of sp³-hybridized carbons (Fsp3) is 0.111. The van der Waals surface area contributed by atoms with Crippen LogP contribution in [0.5, 0.6) is 0 Å². The summed E-state index contributed by atoms with van der Waals surface area (Å²) in [6, 6.07) is 4.13. The van der Waals surface area contributed by atoms with Gasteiger partial charge < -0.3 is 0 Å². The quantitative estimate of drug-likeness (QED) is 0.632. The summed E-state index contributed by atoms with van der Waals surface area (Å²) in [6.07, 6.45) is 0. The molecule has 0 radical (unpaired) electrons. The zero-order valence-corrected chi connectivity index (χ0v) is 9.10. The van der Waals surface area contributed by atoms with Gasteiger partial charge in [-0.3, -0.25) is 0 Å². The molecule has 0 fully saturated rings. The van der Waals surface area contributed by atoms with E-state index < -0.39 is 0 Å². The Hall–Kier alpha value is -1.20. The summed E-state index contributed by atoms with van der Waals surface area (Å²) in [4.78, 5) is 6.72. The summed E-state index contributed by atoms with van der Waals surface area (Å²) >= 11 is 3.27. The second kappa shape index (κ2) is 2.90. The van der Waals surface area contributed by atoms with E-state index in [0.29, 0.717) is 0 Å². The lowest BCUT2D eigenvalue weighted by Gasteiger charge is -1.91. The minimum atomic E-state index is 0.964. The third-order valence-electron chi connectivity index (χ3n) is 2.12. The summed E-state index contributed by atoms with van der Waals surface area (Å²) in [5, 5.41) is 6.29. The molecule has 0 aliphatic carbocycles. The van der Waals surface area contributed by atoms with Crippen LogP contribution in [0, 0.1) is 6.92 Å². The number of imidazole rings is 1. The van der Waals surface area contributed by atoms with Gasteiger partial charge in [-0.1, -0.05) is 17.4 Å². The minimum Gasteiger partial charge on any atom is -0.216 e. The average Bonchev–Trinajstić information content (AvgIpc) is 2.84.